The normalized spacial score (nSPS) is 12.1. The van der Waals surface area contributed by atoms with Crippen LogP contribution in [0, 0.1) is 0 Å². The molecule has 1 amide bonds. The number of fused-ring (bicyclic) bond motifs is 1. The van der Waals surface area contributed by atoms with Gasteiger partial charge in [-0.25, -0.2) is 4.79 Å². The monoisotopic (exact) mass is 274 g/mol. The van der Waals surface area contributed by atoms with Gasteiger partial charge >= 0.3 is 5.97 Å². The number of esters is 1. The average Bonchev–Trinajstić information content (AvgIpc) is 2.81. The summed E-state index contributed by atoms with van der Waals surface area (Å²) < 4.78 is 5.00. The van der Waals surface area contributed by atoms with Crippen molar-refractivity contribution < 1.29 is 14.3 Å². The molecule has 0 saturated heterocycles. The minimum Gasteiger partial charge on any atom is -0.464 e. The Bertz CT molecular complexity index is 618. The lowest BCUT2D eigenvalue weighted by molar-refractivity contribution is -0.147. The van der Waals surface area contributed by atoms with Crippen molar-refractivity contribution in [2.24, 2.45) is 0 Å². The number of hydrogen-bond donors (Lipinski definition) is 2. The quantitative estimate of drug-likeness (QED) is 0.816. The van der Waals surface area contributed by atoms with E-state index in [1.165, 1.54) is 6.92 Å². The number of ether oxygens (including phenoxy) is 1. The summed E-state index contributed by atoms with van der Waals surface area (Å²) in [5.74, 6) is -0.657. The van der Waals surface area contributed by atoms with Crippen molar-refractivity contribution in [3.8, 4) is 0 Å². The smallest absolute Gasteiger partial charge is 0.328 e. The van der Waals surface area contributed by atoms with Crippen LogP contribution < -0.4 is 5.32 Å². The van der Waals surface area contributed by atoms with Crippen molar-refractivity contribution in [3.05, 3.63) is 36.0 Å². The number of carbonyl (C=O) groups excluding carboxylic acids is 2. The summed E-state index contributed by atoms with van der Waals surface area (Å²) in [5, 5.41) is 3.69. The summed E-state index contributed by atoms with van der Waals surface area (Å²) in [5.41, 5.74) is 1.99. The van der Waals surface area contributed by atoms with Gasteiger partial charge in [0, 0.05) is 30.4 Å². The largest absolute Gasteiger partial charge is 0.464 e. The molecular formula is C15H18N2O3. The second kappa shape index (κ2) is 6.23. The van der Waals surface area contributed by atoms with Crippen LogP contribution >= 0.6 is 0 Å². The van der Waals surface area contributed by atoms with Gasteiger partial charge in [-0.05, 0) is 18.6 Å². The highest BCUT2D eigenvalue weighted by molar-refractivity contribution is 5.86. The number of amides is 1. The number of aromatic amines is 1. The molecule has 0 saturated carbocycles. The van der Waals surface area contributed by atoms with Gasteiger partial charge in [-0.2, -0.15) is 0 Å². The van der Waals surface area contributed by atoms with E-state index in [9.17, 15) is 9.59 Å². The molecule has 1 heterocycles. The van der Waals surface area contributed by atoms with Gasteiger partial charge in [-0.15, -0.1) is 0 Å². The van der Waals surface area contributed by atoms with Crippen molar-refractivity contribution in [2.45, 2.75) is 26.3 Å². The predicted octanol–water partition coefficient (Wildman–Crippen LogP) is 1.78. The highest BCUT2D eigenvalue weighted by Gasteiger charge is 2.22. The summed E-state index contributed by atoms with van der Waals surface area (Å²) in [6, 6.07) is 7.18. The SMILES string of the molecule is CCOC(=O)[C@H](Cc1c[nH]c2ccccc12)NC(C)=O. The van der Waals surface area contributed by atoms with Gasteiger partial charge in [-0.1, -0.05) is 18.2 Å². The van der Waals surface area contributed by atoms with Gasteiger partial charge in [0.15, 0.2) is 0 Å². The topological polar surface area (TPSA) is 71.2 Å². The minimum absolute atomic E-state index is 0.247. The summed E-state index contributed by atoms with van der Waals surface area (Å²) >= 11 is 0. The van der Waals surface area contributed by atoms with Crippen LogP contribution in [0.15, 0.2) is 30.5 Å². The van der Waals surface area contributed by atoms with E-state index in [1.54, 1.807) is 6.92 Å². The first-order valence-electron chi connectivity index (χ1n) is 6.60. The molecule has 0 unspecified atom stereocenters. The van der Waals surface area contributed by atoms with Gasteiger partial charge < -0.3 is 15.0 Å². The van der Waals surface area contributed by atoms with Gasteiger partial charge in [0.25, 0.3) is 0 Å². The average molecular weight is 274 g/mol. The molecule has 0 fully saturated rings. The first kappa shape index (κ1) is 14.1. The molecule has 20 heavy (non-hydrogen) atoms. The van der Waals surface area contributed by atoms with E-state index in [0.29, 0.717) is 13.0 Å². The highest BCUT2D eigenvalue weighted by Crippen LogP contribution is 2.19. The van der Waals surface area contributed by atoms with E-state index in [2.05, 4.69) is 10.3 Å². The molecule has 5 heteroatoms. The maximum Gasteiger partial charge on any atom is 0.328 e. The Morgan fingerprint density at radius 2 is 2.10 bits per heavy atom. The van der Waals surface area contributed by atoms with Crippen LogP contribution in [0.4, 0.5) is 0 Å². The summed E-state index contributed by atoms with van der Waals surface area (Å²) in [6.45, 7) is 3.43. The van der Waals surface area contributed by atoms with Crippen LogP contribution in [0.1, 0.15) is 19.4 Å². The zero-order chi connectivity index (χ0) is 14.5. The van der Waals surface area contributed by atoms with E-state index in [-0.39, 0.29) is 5.91 Å². The number of benzene rings is 1. The van der Waals surface area contributed by atoms with Crippen molar-refractivity contribution >= 4 is 22.8 Å². The maximum atomic E-state index is 11.9. The van der Waals surface area contributed by atoms with Crippen molar-refractivity contribution in [2.75, 3.05) is 6.61 Å². The predicted molar refractivity (Wildman–Crippen MR) is 76.2 cm³/mol. The van der Waals surface area contributed by atoms with E-state index >= 15 is 0 Å². The summed E-state index contributed by atoms with van der Waals surface area (Å²) in [6.07, 6.45) is 2.27. The lowest BCUT2D eigenvalue weighted by Crippen LogP contribution is -2.42. The van der Waals surface area contributed by atoms with Crippen LogP contribution in [0.25, 0.3) is 10.9 Å². The van der Waals surface area contributed by atoms with Crippen molar-refractivity contribution in [3.63, 3.8) is 0 Å². The summed E-state index contributed by atoms with van der Waals surface area (Å²) in [7, 11) is 0. The standard InChI is InChI=1S/C15H18N2O3/c1-3-20-15(19)14(17-10(2)18)8-11-9-16-13-7-5-4-6-12(11)13/h4-7,9,14,16H,3,8H2,1-2H3,(H,17,18)/t14-/m0/s1. The third-order valence-electron chi connectivity index (χ3n) is 3.05. The number of rotatable bonds is 5. The molecule has 0 aliphatic heterocycles. The molecule has 2 rings (SSSR count). The molecule has 106 valence electrons. The molecule has 1 aromatic heterocycles. The second-order valence-corrected chi connectivity index (χ2v) is 4.57. The fraction of sp³-hybridized carbons (Fsp3) is 0.333. The van der Waals surface area contributed by atoms with Gasteiger partial charge in [0.1, 0.15) is 6.04 Å². The highest BCUT2D eigenvalue weighted by atomic mass is 16.5. The molecular weight excluding hydrogens is 256 g/mol. The summed E-state index contributed by atoms with van der Waals surface area (Å²) in [4.78, 5) is 26.3. The zero-order valence-corrected chi connectivity index (χ0v) is 11.6. The number of hydrogen-bond acceptors (Lipinski definition) is 3. The van der Waals surface area contributed by atoms with Crippen molar-refractivity contribution in [1.29, 1.82) is 0 Å². The Morgan fingerprint density at radius 1 is 1.35 bits per heavy atom. The van der Waals surface area contributed by atoms with E-state index in [1.807, 2.05) is 30.5 Å². The molecule has 2 N–H and O–H groups in total. The van der Waals surface area contributed by atoms with Crippen LogP contribution in [0.3, 0.4) is 0 Å². The first-order chi connectivity index (χ1) is 9.61. The number of H-pyrrole nitrogens is 1. The van der Waals surface area contributed by atoms with Crippen LogP contribution in [0.5, 0.6) is 0 Å². The third kappa shape index (κ3) is 3.17. The van der Waals surface area contributed by atoms with E-state index in [4.69, 9.17) is 4.74 Å². The van der Waals surface area contributed by atoms with Crippen molar-refractivity contribution in [1.82, 2.24) is 10.3 Å². The molecule has 0 aliphatic carbocycles. The Balaban J connectivity index is 2.22. The van der Waals surface area contributed by atoms with E-state index in [0.717, 1.165) is 16.5 Å². The molecule has 1 aromatic carbocycles. The molecule has 0 spiro atoms. The lowest BCUT2D eigenvalue weighted by atomic mass is 10.0. The fourth-order valence-corrected chi connectivity index (χ4v) is 2.20. The van der Waals surface area contributed by atoms with Crippen LogP contribution in [-0.4, -0.2) is 29.5 Å². The first-order valence-corrected chi connectivity index (χ1v) is 6.60. The molecule has 2 aromatic rings. The Labute approximate surface area is 117 Å². The Hall–Kier alpha value is -2.30. The third-order valence-corrected chi connectivity index (χ3v) is 3.05. The molecule has 0 aliphatic rings. The van der Waals surface area contributed by atoms with E-state index < -0.39 is 12.0 Å². The maximum absolute atomic E-state index is 11.9. The van der Waals surface area contributed by atoms with Gasteiger partial charge in [0.05, 0.1) is 6.61 Å². The number of carbonyl (C=O) groups is 2. The van der Waals surface area contributed by atoms with Crippen LogP contribution in [0.2, 0.25) is 0 Å². The molecule has 0 radical (unpaired) electrons. The van der Waals surface area contributed by atoms with Crippen LogP contribution in [-0.2, 0) is 20.7 Å². The Kier molecular flexibility index (Phi) is 4.40. The molecule has 5 nitrogen and oxygen atoms in total. The van der Waals surface area contributed by atoms with Gasteiger partial charge in [-0.3, -0.25) is 4.79 Å². The molecule has 1 atom stereocenters. The zero-order valence-electron chi connectivity index (χ0n) is 11.6. The van der Waals surface area contributed by atoms with Gasteiger partial charge in [0.2, 0.25) is 5.91 Å². The molecule has 0 bridgehead atoms. The second-order valence-electron chi connectivity index (χ2n) is 4.57. The Morgan fingerprint density at radius 3 is 2.80 bits per heavy atom. The number of para-hydroxylation sites is 1. The minimum atomic E-state index is -0.661. The number of aromatic nitrogens is 1. The number of nitrogens with one attached hydrogen (secondary N) is 2. The fourth-order valence-electron chi connectivity index (χ4n) is 2.20. The lowest BCUT2D eigenvalue weighted by Gasteiger charge is -2.15.